The summed E-state index contributed by atoms with van der Waals surface area (Å²) in [5.41, 5.74) is 0.541. The van der Waals surface area contributed by atoms with Crippen LogP contribution in [0.3, 0.4) is 0 Å². The number of hydrogen-bond donors (Lipinski definition) is 1. The molecule has 5 heteroatoms. The highest BCUT2D eigenvalue weighted by Gasteiger charge is 2.33. The van der Waals surface area contributed by atoms with Crippen molar-refractivity contribution in [3.8, 4) is 0 Å². The Morgan fingerprint density at radius 1 is 1.10 bits per heavy atom. The molecule has 1 unspecified atom stereocenters. The normalized spacial score (nSPS) is 12.4. The molecule has 5 nitrogen and oxygen atoms in total. The van der Waals surface area contributed by atoms with E-state index in [0.29, 0.717) is 5.58 Å². The van der Waals surface area contributed by atoms with Crippen LogP contribution in [-0.2, 0) is 4.79 Å². The lowest BCUT2D eigenvalue weighted by atomic mass is 9.99. The average molecular weight is 270 g/mol. The predicted molar refractivity (Wildman–Crippen MR) is 69.6 cm³/mol. The van der Waals surface area contributed by atoms with Crippen molar-refractivity contribution in [3.63, 3.8) is 0 Å². The van der Waals surface area contributed by atoms with Crippen LogP contribution < -0.4 is 0 Å². The second-order valence-electron chi connectivity index (χ2n) is 4.30. The molecule has 0 saturated carbocycles. The van der Waals surface area contributed by atoms with E-state index in [9.17, 15) is 14.7 Å². The third-order valence-corrected chi connectivity index (χ3v) is 3.01. The van der Waals surface area contributed by atoms with Gasteiger partial charge in [0.2, 0.25) is 5.78 Å². The molecule has 20 heavy (non-hydrogen) atoms. The minimum atomic E-state index is -1.40. The highest BCUT2D eigenvalue weighted by Crippen LogP contribution is 2.26. The molecule has 3 aromatic rings. The molecule has 3 rings (SSSR count). The fourth-order valence-electron chi connectivity index (χ4n) is 2.06. The molecule has 0 radical (unpaired) electrons. The number of carbonyl (C=O) groups excluding carboxylic acids is 1. The smallest absolute Gasteiger partial charge is 0.322 e. The third kappa shape index (κ3) is 1.99. The van der Waals surface area contributed by atoms with E-state index in [1.165, 1.54) is 24.5 Å². The summed E-state index contributed by atoms with van der Waals surface area (Å²) in [5, 5.41) is 9.98. The Morgan fingerprint density at radius 3 is 2.55 bits per heavy atom. The van der Waals surface area contributed by atoms with Crippen LogP contribution in [0.2, 0.25) is 0 Å². The van der Waals surface area contributed by atoms with Gasteiger partial charge in [0.05, 0.1) is 6.26 Å². The van der Waals surface area contributed by atoms with Crippen molar-refractivity contribution in [2.75, 3.05) is 0 Å². The Labute approximate surface area is 113 Å². The molecule has 1 N–H and O–H groups in total. The second-order valence-corrected chi connectivity index (χ2v) is 4.30. The minimum Gasteiger partial charge on any atom is -0.480 e. The van der Waals surface area contributed by atoms with E-state index in [1.54, 1.807) is 18.2 Å². The molecule has 0 aliphatic rings. The first-order valence-corrected chi connectivity index (χ1v) is 5.96. The molecule has 1 atom stereocenters. The van der Waals surface area contributed by atoms with Crippen molar-refractivity contribution in [1.82, 2.24) is 0 Å². The molecule has 0 aliphatic carbocycles. The average Bonchev–Trinajstić information content (AvgIpc) is 3.06. The van der Waals surface area contributed by atoms with Crippen LogP contribution in [0, 0.1) is 0 Å². The van der Waals surface area contributed by atoms with Crippen molar-refractivity contribution in [3.05, 3.63) is 60.2 Å². The van der Waals surface area contributed by atoms with Gasteiger partial charge in [0.25, 0.3) is 0 Å². The number of carboxylic acid groups (broad SMARTS) is 1. The van der Waals surface area contributed by atoms with Crippen LogP contribution in [0.15, 0.2) is 57.6 Å². The van der Waals surface area contributed by atoms with E-state index < -0.39 is 17.7 Å². The van der Waals surface area contributed by atoms with Crippen molar-refractivity contribution >= 4 is 22.7 Å². The molecule has 100 valence electrons. The maximum Gasteiger partial charge on any atom is 0.322 e. The molecule has 0 amide bonds. The van der Waals surface area contributed by atoms with Gasteiger partial charge in [-0.3, -0.25) is 9.59 Å². The summed E-state index contributed by atoms with van der Waals surface area (Å²) >= 11 is 0. The maximum absolute atomic E-state index is 12.3. The van der Waals surface area contributed by atoms with Gasteiger partial charge in [-0.05, 0) is 24.3 Å². The molecule has 0 bridgehead atoms. The Kier molecular flexibility index (Phi) is 2.87. The highest BCUT2D eigenvalue weighted by molar-refractivity contribution is 6.11. The highest BCUT2D eigenvalue weighted by atomic mass is 16.4. The first-order chi connectivity index (χ1) is 9.66. The zero-order valence-electron chi connectivity index (χ0n) is 10.3. The fraction of sp³-hybridized carbons (Fsp3) is 0.0667. The lowest BCUT2D eigenvalue weighted by Crippen LogP contribution is -2.20. The molecule has 0 spiro atoms. The SMILES string of the molecule is O=C(O)C(C(=O)c1cc2ccccc2o1)c1ccco1. The summed E-state index contributed by atoms with van der Waals surface area (Å²) in [5.74, 6) is -3.21. The van der Waals surface area contributed by atoms with Crippen LogP contribution in [0.5, 0.6) is 0 Å². The van der Waals surface area contributed by atoms with Gasteiger partial charge in [-0.25, -0.2) is 0 Å². The van der Waals surface area contributed by atoms with Crippen LogP contribution in [0.4, 0.5) is 0 Å². The lowest BCUT2D eigenvalue weighted by molar-refractivity contribution is -0.137. The molecular weight excluding hydrogens is 260 g/mol. The Morgan fingerprint density at radius 2 is 1.90 bits per heavy atom. The lowest BCUT2D eigenvalue weighted by Gasteiger charge is -2.05. The van der Waals surface area contributed by atoms with E-state index in [-0.39, 0.29) is 11.5 Å². The number of hydrogen-bond acceptors (Lipinski definition) is 4. The molecule has 2 aromatic heterocycles. The van der Waals surface area contributed by atoms with Gasteiger partial charge in [0.15, 0.2) is 11.7 Å². The topological polar surface area (TPSA) is 80.6 Å². The molecule has 1 aromatic carbocycles. The summed E-state index contributed by atoms with van der Waals surface area (Å²) in [6.07, 6.45) is 1.33. The number of fused-ring (bicyclic) bond motifs is 1. The number of para-hydroxylation sites is 1. The van der Waals surface area contributed by atoms with Crippen molar-refractivity contribution in [2.45, 2.75) is 5.92 Å². The molecule has 0 fully saturated rings. The van der Waals surface area contributed by atoms with E-state index in [4.69, 9.17) is 8.83 Å². The van der Waals surface area contributed by atoms with Crippen LogP contribution >= 0.6 is 0 Å². The Hall–Kier alpha value is -2.82. The molecule has 0 aliphatic heterocycles. The van der Waals surface area contributed by atoms with E-state index >= 15 is 0 Å². The number of carbonyl (C=O) groups is 2. The summed E-state index contributed by atoms with van der Waals surface area (Å²) in [6.45, 7) is 0. The van der Waals surface area contributed by atoms with Crippen molar-refractivity contribution < 1.29 is 23.5 Å². The van der Waals surface area contributed by atoms with E-state index in [0.717, 1.165) is 5.39 Å². The van der Waals surface area contributed by atoms with Crippen LogP contribution in [-0.4, -0.2) is 16.9 Å². The van der Waals surface area contributed by atoms with Crippen molar-refractivity contribution in [1.29, 1.82) is 0 Å². The Bertz CT molecular complexity index is 734. The summed E-state index contributed by atoms with van der Waals surface area (Å²) in [6, 6.07) is 11.6. The van der Waals surface area contributed by atoms with Crippen molar-refractivity contribution in [2.24, 2.45) is 0 Å². The number of benzene rings is 1. The van der Waals surface area contributed by atoms with Gasteiger partial charge in [0.1, 0.15) is 11.3 Å². The zero-order chi connectivity index (χ0) is 14.1. The maximum atomic E-state index is 12.3. The predicted octanol–water partition coefficient (Wildman–Crippen LogP) is 3.08. The monoisotopic (exact) mass is 270 g/mol. The van der Waals surface area contributed by atoms with E-state index in [2.05, 4.69) is 0 Å². The van der Waals surface area contributed by atoms with Gasteiger partial charge in [0, 0.05) is 5.39 Å². The first kappa shape index (κ1) is 12.2. The quantitative estimate of drug-likeness (QED) is 0.582. The number of furan rings is 2. The van der Waals surface area contributed by atoms with Gasteiger partial charge in [-0.15, -0.1) is 0 Å². The summed E-state index contributed by atoms with van der Waals surface area (Å²) < 4.78 is 10.4. The molecular formula is C15H10O5. The number of aliphatic carboxylic acids is 1. The fourth-order valence-corrected chi connectivity index (χ4v) is 2.06. The zero-order valence-corrected chi connectivity index (χ0v) is 10.3. The minimum absolute atomic E-state index is 0.00926. The first-order valence-electron chi connectivity index (χ1n) is 5.96. The van der Waals surface area contributed by atoms with E-state index in [1.807, 2.05) is 6.07 Å². The van der Waals surface area contributed by atoms with Gasteiger partial charge in [-0.2, -0.15) is 0 Å². The standard InChI is InChI=1S/C15H10O5/c16-14(13(15(17)18)11-6-3-7-19-11)12-8-9-4-1-2-5-10(9)20-12/h1-8,13H,(H,17,18). The van der Waals surface area contributed by atoms with Gasteiger partial charge in [-0.1, -0.05) is 18.2 Å². The number of rotatable bonds is 4. The van der Waals surface area contributed by atoms with Gasteiger partial charge < -0.3 is 13.9 Å². The molecule has 0 saturated heterocycles. The second kappa shape index (κ2) is 4.70. The van der Waals surface area contributed by atoms with Crippen LogP contribution in [0.25, 0.3) is 11.0 Å². The van der Waals surface area contributed by atoms with Crippen LogP contribution in [0.1, 0.15) is 22.2 Å². The number of carboxylic acids is 1. The number of ketones is 1. The Balaban J connectivity index is 2.03. The summed E-state index contributed by atoms with van der Waals surface area (Å²) in [7, 11) is 0. The molecule has 2 heterocycles. The summed E-state index contributed by atoms with van der Waals surface area (Å²) in [4.78, 5) is 23.6. The largest absolute Gasteiger partial charge is 0.480 e. The number of Topliss-reactive ketones (excluding diaryl/α,β-unsaturated/α-hetero) is 1. The van der Waals surface area contributed by atoms with Gasteiger partial charge >= 0.3 is 5.97 Å². The third-order valence-electron chi connectivity index (χ3n) is 3.01.